The van der Waals surface area contributed by atoms with Crippen molar-refractivity contribution < 1.29 is 9.90 Å². The van der Waals surface area contributed by atoms with Crippen LogP contribution in [0, 0.1) is 0 Å². The molecule has 3 nitrogen and oxygen atoms in total. The Kier molecular flexibility index (Phi) is 2.60. The van der Waals surface area contributed by atoms with Crippen molar-refractivity contribution in [1.82, 2.24) is 4.98 Å². The molecule has 0 atom stereocenters. The van der Waals surface area contributed by atoms with Crippen LogP contribution in [0.1, 0.15) is 35.8 Å². The summed E-state index contributed by atoms with van der Waals surface area (Å²) in [5, 5.41) is 10.9. The molecule has 0 aliphatic rings. The molecule has 3 heteroatoms. The lowest BCUT2D eigenvalue weighted by molar-refractivity contribution is 0.0697. The second-order valence-corrected chi connectivity index (χ2v) is 4.09. The van der Waals surface area contributed by atoms with Crippen LogP contribution < -0.4 is 0 Å². The van der Waals surface area contributed by atoms with Gasteiger partial charge in [0.2, 0.25) is 0 Å². The van der Waals surface area contributed by atoms with Crippen molar-refractivity contribution >= 4 is 16.7 Å². The van der Waals surface area contributed by atoms with E-state index in [0.29, 0.717) is 11.5 Å². The number of carbonyl (C=O) groups is 1. The molecule has 1 N–H and O–H groups in total. The summed E-state index contributed by atoms with van der Waals surface area (Å²) in [6.45, 7) is 4.15. The van der Waals surface area contributed by atoms with Crippen LogP contribution in [0.25, 0.3) is 10.8 Å². The van der Waals surface area contributed by atoms with E-state index < -0.39 is 5.97 Å². The van der Waals surface area contributed by atoms with Gasteiger partial charge in [-0.1, -0.05) is 19.9 Å². The number of pyridine rings is 1. The molecule has 0 spiro atoms. The Bertz CT molecular complexity index is 547. The fraction of sp³-hybridized carbons (Fsp3) is 0.231. The van der Waals surface area contributed by atoms with Crippen LogP contribution in [0.3, 0.4) is 0 Å². The maximum Gasteiger partial charge on any atom is 0.335 e. The highest BCUT2D eigenvalue weighted by molar-refractivity contribution is 5.95. The standard InChI is InChI=1S/C13H13NO2/c1-8(2)12-11-4-3-10(13(15)16)7-9(11)5-6-14-12/h3-8H,1-2H3,(H,15,16). The van der Waals surface area contributed by atoms with Gasteiger partial charge in [-0.15, -0.1) is 0 Å². The van der Waals surface area contributed by atoms with Crippen LogP contribution in [0.2, 0.25) is 0 Å². The maximum absolute atomic E-state index is 10.8. The molecule has 0 aliphatic heterocycles. The minimum Gasteiger partial charge on any atom is -0.478 e. The molecule has 0 radical (unpaired) electrons. The fourth-order valence-corrected chi connectivity index (χ4v) is 1.79. The van der Waals surface area contributed by atoms with Gasteiger partial charge in [0.1, 0.15) is 0 Å². The Hall–Kier alpha value is -1.90. The number of hydrogen-bond acceptors (Lipinski definition) is 2. The quantitative estimate of drug-likeness (QED) is 0.837. The maximum atomic E-state index is 10.8. The third kappa shape index (κ3) is 1.76. The SMILES string of the molecule is CC(C)c1nccc2cc(C(=O)O)ccc12. The molecule has 0 unspecified atom stereocenters. The van der Waals surface area contributed by atoms with Gasteiger partial charge in [-0.25, -0.2) is 4.79 Å². The number of carboxylic acids is 1. The van der Waals surface area contributed by atoms with E-state index in [-0.39, 0.29) is 0 Å². The predicted octanol–water partition coefficient (Wildman–Crippen LogP) is 3.06. The van der Waals surface area contributed by atoms with Gasteiger partial charge in [0.25, 0.3) is 0 Å². The summed E-state index contributed by atoms with van der Waals surface area (Å²) in [5.41, 5.74) is 1.32. The number of fused-ring (bicyclic) bond motifs is 1. The van der Waals surface area contributed by atoms with E-state index in [1.54, 1.807) is 18.3 Å². The van der Waals surface area contributed by atoms with Gasteiger partial charge in [0, 0.05) is 11.6 Å². The van der Waals surface area contributed by atoms with Crippen LogP contribution in [-0.4, -0.2) is 16.1 Å². The lowest BCUT2D eigenvalue weighted by atomic mass is 10.0. The van der Waals surface area contributed by atoms with Crippen molar-refractivity contribution in [2.24, 2.45) is 0 Å². The Morgan fingerprint density at radius 2 is 2.06 bits per heavy atom. The summed E-state index contributed by atoms with van der Waals surface area (Å²) in [7, 11) is 0. The first-order valence-corrected chi connectivity index (χ1v) is 5.21. The Labute approximate surface area is 93.7 Å². The number of nitrogens with zero attached hydrogens (tertiary/aromatic N) is 1. The van der Waals surface area contributed by atoms with Gasteiger partial charge >= 0.3 is 5.97 Å². The second-order valence-electron chi connectivity index (χ2n) is 4.09. The smallest absolute Gasteiger partial charge is 0.335 e. The lowest BCUT2D eigenvalue weighted by Crippen LogP contribution is -1.98. The Balaban J connectivity index is 2.68. The highest BCUT2D eigenvalue weighted by atomic mass is 16.4. The number of aromatic nitrogens is 1. The van der Waals surface area contributed by atoms with E-state index in [0.717, 1.165) is 16.5 Å². The molecule has 1 aromatic carbocycles. The largest absolute Gasteiger partial charge is 0.478 e. The molecule has 0 amide bonds. The Morgan fingerprint density at radius 1 is 1.31 bits per heavy atom. The minimum absolute atomic E-state index is 0.313. The van der Waals surface area contributed by atoms with Gasteiger partial charge in [0.15, 0.2) is 0 Å². The first-order chi connectivity index (χ1) is 7.59. The van der Waals surface area contributed by atoms with Gasteiger partial charge < -0.3 is 5.11 Å². The van der Waals surface area contributed by atoms with Gasteiger partial charge in [0.05, 0.1) is 11.3 Å². The molecule has 82 valence electrons. The fourth-order valence-electron chi connectivity index (χ4n) is 1.79. The van der Waals surface area contributed by atoms with Crippen molar-refractivity contribution in [3.05, 3.63) is 41.7 Å². The summed E-state index contributed by atoms with van der Waals surface area (Å²) < 4.78 is 0. The van der Waals surface area contributed by atoms with Gasteiger partial charge in [-0.3, -0.25) is 4.98 Å². The van der Waals surface area contributed by atoms with Gasteiger partial charge in [-0.2, -0.15) is 0 Å². The molecular formula is C13H13NO2. The molecular weight excluding hydrogens is 202 g/mol. The summed E-state index contributed by atoms with van der Waals surface area (Å²) in [6.07, 6.45) is 1.73. The molecule has 2 aromatic rings. The first-order valence-electron chi connectivity index (χ1n) is 5.21. The highest BCUT2D eigenvalue weighted by Gasteiger charge is 2.08. The third-order valence-corrected chi connectivity index (χ3v) is 2.59. The molecule has 0 aliphatic carbocycles. The average molecular weight is 215 g/mol. The van der Waals surface area contributed by atoms with Crippen LogP contribution in [0.5, 0.6) is 0 Å². The van der Waals surface area contributed by atoms with E-state index in [1.165, 1.54) is 0 Å². The van der Waals surface area contributed by atoms with Crippen LogP contribution >= 0.6 is 0 Å². The molecule has 0 bridgehead atoms. The van der Waals surface area contributed by atoms with Crippen LogP contribution in [0.15, 0.2) is 30.5 Å². The average Bonchev–Trinajstić information content (AvgIpc) is 2.27. The third-order valence-electron chi connectivity index (χ3n) is 2.59. The number of carboxylic acid groups (broad SMARTS) is 1. The van der Waals surface area contributed by atoms with Crippen LogP contribution in [0.4, 0.5) is 0 Å². The summed E-state index contributed by atoms with van der Waals surface area (Å²) in [6, 6.07) is 6.98. The van der Waals surface area contributed by atoms with E-state index in [1.807, 2.05) is 12.1 Å². The zero-order valence-electron chi connectivity index (χ0n) is 9.27. The van der Waals surface area contributed by atoms with E-state index in [2.05, 4.69) is 18.8 Å². The van der Waals surface area contributed by atoms with Crippen LogP contribution in [-0.2, 0) is 0 Å². The molecule has 0 saturated carbocycles. The van der Waals surface area contributed by atoms with Crippen molar-refractivity contribution in [1.29, 1.82) is 0 Å². The van der Waals surface area contributed by atoms with E-state index >= 15 is 0 Å². The van der Waals surface area contributed by atoms with E-state index in [9.17, 15) is 4.79 Å². The molecule has 1 heterocycles. The number of aromatic carboxylic acids is 1. The molecule has 16 heavy (non-hydrogen) atoms. The zero-order chi connectivity index (χ0) is 11.7. The predicted molar refractivity (Wildman–Crippen MR) is 62.8 cm³/mol. The Morgan fingerprint density at radius 3 is 2.69 bits per heavy atom. The topological polar surface area (TPSA) is 50.2 Å². The highest BCUT2D eigenvalue weighted by Crippen LogP contribution is 2.23. The van der Waals surface area contributed by atoms with Crippen molar-refractivity contribution in [3.63, 3.8) is 0 Å². The number of rotatable bonds is 2. The summed E-state index contributed by atoms with van der Waals surface area (Å²) >= 11 is 0. The van der Waals surface area contributed by atoms with Crippen molar-refractivity contribution in [2.75, 3.05) is 0 Å². The molecule has 1 aromatic heterocycles. The van der Waals surface area contributed by atoms with Gasteiger partial charge in [-0.05, 0) is 29.5 Å². The van der Waals surface area contributed by atoms with Crippen molar-refractivity contribution in [2.45, 2.75) is 19.8 Å². The molecule has 2 rings (SSSR count). The summed E-state index contributed by atoms with van der Waals surface area (Å²) in [4.78, 5) is 15.2. The first kappa shape index (κ1) is 10.6. The molecule has 0 fully saturated rings. The number of benzene rings is 1. The van der Waals surface area contributed by atoms with Crippen molar-refractivity contribution in [3.8, 4) is 0 Å². The zero-order valence-corrected chi connectivity index (χ0v) is 9.27. The van der Waals surface area contributed by atoms with E-state index in [4.69, 9.17) is 5.11 Å². The summed E-state index contributed by atoms with van der Waals surface area (Å²) in [5.74, 6) is -0.566. The monoisotopic (exact) mass is 215 g/mol. The second kappa shape index (κ2) is 3.93. The molecule has 0 saturated heterocycles. The minimum atomic E-state index is -0.898. The normalized spacial score (nSPS) is 10.9. The lowest BCUT2D eigenvalue weighted by Gasteiger charge is -2.08. The number of hydrogen-bond donors (Lipinski definition) is 1.